The molecule has 0 aliphatic carbocycles. The molecule has 0 amide bonds. The molecular weight excluding hydrogens is 272 g/mol. The second-order valence-corrected chi connectivity index (χ2v) is 5.06. The van der Waals surface area contributed by atoms with Gasteiger partial charge in [-0.1, -0.05) is 31.5 Å². The van der Waals surface area contributed by atoms with Gasteiger partial charge in [0, 0.05) is 13.0 Å². The molecule has 0 spiro atoms. The molecule has 1 saturated heterocycles. The average Bonchev–Trinajstić information content (AvgIpc) is 2.90. The Morgan fingerprint density at radius 3 is 2.81 bits per heavy atom. The Morgan fingerprint density at radius 2 is 2.14 bits per heavy atom. The van der Waals surface area contributed by atoms with E-state index >= 15 is 0 Å². The zero-order valence-electron chi connectivity index (χ0n) is 12.2. The molecule has 0 aromatic heterocycles. The van der Waals surface area contributed by atoms with E-state index in [0.717, 1.165) is 12.8 Å². The second-order valence-electron chi connectivity index (χ2n) is 5.06. The van der Waals surface area contributed by atoms with E-state index in [1.54, 1.807) is 24.3 Å². The molecule has 1 aliphatic heterocycles. The number of aliphatic hydroxyl groups is 1. The molecule has 0 bridgehead atoms. The van der Waals surface area contributed by atoms with Gasteiger partial charge >= 0.3 is 5.97 Å². The van der Waals surface area contributed by atoms with Crippen LogP contribution in [-0.2, 0) is 14.2 Å². The van der Waals surface area contributed by atoms with Crippen LogP contribution in [0.3, 0.4) is 0 Å². The van der Waals surface area contributed by atoms with Crippen molar-refractivity contribution < 1.29 is 24.1 Å². The first-order valence-corrected chi connectivity index (χ1v) is 7.38. The van der Waals surface area contributed by atoms with E-state index in [1.165, 1.54) is 0 Å². The smallest absolute Gasteiger partial charge is 0.338 e. The lowest BCUT2D eigenvalue weighted by molar-refractivity contribution is -0.143. The lowest BCUT2D eigenvalue weighted by Gasteiger charge is -2.16. The van der Waals surface area contributed by atoms with E-state index in [9.17, 15) is 9.90 Å². The van der Waals surface area contributed by atoms with Crippen LogP contribution in [0.5, 0.6) is 0 Å². The van der Waals surface area contributed by atoms with Crippen LogP contribution in [0.1, 0.15) is 36.5 Å². The normalized spacial score (nSPS) is 25.0. The van der Waals surface area contributed by atoms with Crippen molar-refractivity contribution in [3.8, 4) is 0 Å². The molecule has 5 heteroatoms. The number of benzene rings is 1. The van der Waals surface area contributed by atoms with Crippen LogP contribution in [-0.4, -0.2) is 42.8 Å². The number of rotatable bonds is 7. The Bertz CT molecular complexity index is 434. The summed E-state index contributed by atoms with van der Waals surface area (Å²) in [6, 6.07) is 8.79. The predicted octanol–water partition coefficient (Wildman–Crippen LogP) is 2.14. The highest BCUT2D eigenvalue weighted by molar-refractivity contribution is 5.89. The Hall–Kier alpha value is -1.43. The molecular formula is C16H22O5. The maximum atomic E-state index is 12.0. The third-order valence-corrected chi connectivity index (χ3v) is 3.42. The summed E-state index contributed by atoms with van der Waals surface area (Å²) in [5.74, 6) is -0.406. The van der Waals surface area contributed by atoms with Crippen LogP contribution in [0.15, 0.2) is 30.3 Å². The van der Waals surface area contributed by atoms with Crippen LogP contribution in [0.25, 0.3) is 0 Å². The number of unbranched alkanes of at least 4 members (excludes halogenated alkanes) is 1. The third-order valence-electron chi connectivity index (χ3n) is 3.42. The molecule has 1 aliphatic rings. The van der Waals surface area contributed by atoms with Crippen LogP contribution in [0, 0.1) is 0 Å². The number of carbonyl (C=O) groups is 1. The number of ether oxygens (including phenoxy) is 3. The Morgan fingerprint density at radius 1 is 1.38 bits per heavy atom. The van der Waals surface area contributed by atoms with Gasteiger partial charge in [-0.3, -0.25) is 0 Å². The van der Waals surface area contributed by atoms with Crippen LogP contribution in [0.2, 0.25) is 0 Å². The van der Waals surface area contributed by atoms with E-state index in [2.05, 4.69) is 6.92 Å². The average molecular weight is 294 g/mol. The molecule has 0 radical (unpaired) electrons. The quantitative estimate of drug-likeness (QED) is 0.616. The van der Waals surface area contributed by atoms with Crippen molar-refractivity contribution in [3.63, 3.8) is 0 Å². The van der Waals surface area contributed by atoms with Gasteiger partial charge in [0.15, 0.2) is 6.29 Å². The van der Waals surface area contributed by atoms with Gasteiger partial charge in [-0.25, -0.2) is 4.79 Å². The Kier molecular flexibility index (Phi) is 6.17. The standard InChI is InChI=1S/C16H22O5/c1-2-3-9-19-15-10-13(14(11-17)20-15)21-16(18)12-7-5-4-6-8-12/h4-8,13-15,17H,2-3,9-11H2,1H3/t13-,14-,15?/m1/s1. The van der Waals surface area contributed by atoms with E-state index < -0.39 is 24.5 Å². The minimum absolute atomic E-state index is 0.194. The molecule has 2 rings (SSSR count). The highest BCUT2D eigenvalue weighted by Gasteiger charge is 2.38. The lowest BCUT2D eigenvalue weighted by Crippen LogP contribution is -2.30. The van der Waals surface area contributed by atoms with Gasteiger partial charge in [-0.05, 0) is 18.6 Å². The van der Waals surface area contributed by atoms with Gasteiger partial charge in [-0.15, -0.1) is 0 Å². The lowest BCUT2D eigenvalue weighted by atomic mass is 10.2. The van der Waals surface area contributed by atoms with Crippen LogP contribution in [0.4, 0.5) is 0 Å². The fourth-order valence-electron chi connectivity index (χ4n) is 2.21. The van der Waals surface area contributed by atoms with E-state index in [1.807, 2.05) is 6.07 Å². The maximum Gasteiger partial charge on any atom is 0.338 e. The van der Waals surface area contributed by atoms with Gasteiger partial charge in [0.25, 0.3) is 0 Å². The van der Waals surface area contributed by atoms with Crippen molar-refractivity contribution in [2.75, 3.05) is 13.2 Å². The summed E-state index contributed by atoms with van der Waals surface area (Å²) in [6.45, 7) is 2.50. The Labute approximate surface area is 124 Å². The molecule has 5 nitrogen and oxygen atoms in total. The topological polar surface area (TPSA) is 65.0 Å². The summed E-state index contributed by atoms with van der Waals surface area (Å²) in [5, 5.41) is 9.34. The molecule has 21 heavy (non-hydrogen) atoms. The minimum Gasteiger partial charge on any atom is -0.456 e. The van der Waals surface area contributed by atoms with Crippen molar-refractivity contribution in [1.82, 2.24) is 0 Å². The van der Waals surface area contributed by atoms with Gasteiger partial charge in [-0.2, -0.15) is 0 Å². The number of esters is 1. The summed E-state index contributed by atoms with van der Waals surface area (Å²) in [6.07, 6.45) is 1.04. The number of hydrogen-bond donors (Lipinski definition) is 1. The summed E-state index contributed by atoms with van der Waals surface area (Å²) in [7, 11) is 0. The number of carbonyl (C=O) groups excluding carboxylic acids is 1. The predicted molar refractivity (Wildman–Crippen MR) is 76.9 cm³/mol. The van der Waals surface area contributed by atoms with Gasteiger partial charge < -0.3 is 19.3 Å². The molecule has 1 aromatic carbocycles. The molecule has 1 heterocycles. The summed E-state index contributed by atoms with van der Waals surface area (Å²) < 4.78 is 16.6. The van der Waals surface area contributed by atoms with Crippen LogP contribution < -0.4 is 0 Å². The van der Waals surface area contributed by atoms with Gasteiger partial charge in [0.1, 0.15) is 12.2 Å². The molecule has 1 fully saturated rings. The minimum atomic E-state index is -0.524. The number of hydrogen-bond acceptors (Lipinski definition) is 5. The molecule has 1 N–H and O–H groups in total. The molecule has 1 unspecified atom stereocenters. The largest absolute Gasteiger partial charge is 0.456 e. The van der Waals surface area contributed by atoms with Crippen molar-refractivity contribution >= 4 is 5.97 Å². The highest BCUT2D eigenvalue weighted by Crippen LogP contribution is 2.25. The Balaban J connectivity index is 1.88. The van der Waals surface area contributed by atoms with Crippen molar-refractivity contribution in [2.45, 2.75) is 44.7 Å². The van der Waals surface area contributed by atoms with Crippen molar-refractivity contribution in [1.29, 1.82) is 0 Å². The molecule has 0 saturated carbocycles. The summed E-state index contributed by atoms with van der Waals surface area (Å²) >= 11 is 0. The van der Waals surface area contributed by atoms with Crippen molar-refractivity contribution in [2.24, 2.45) is 0 Å². The first-order chi connectivity index (χ1) is 10.2. The van der Waals surface area contributed by atoms with E-state index in [0.29, 0.717) is 18.6 Å². The van der Waals surface area contributed by atoms with Gasteiger partial charge in [0.2, 0.25) is 0 Å². The van der Waals surface area contributed by atoms with E-state index in [-0.39, 0.29) is 6.61 Å². The van der Waals surface area contributed by atoms with E-state index in [4.69, 9.17) is 14.2 Å². The second kappa shape index (κ2) is 8.12. The SMILES string of the molecule is CCCCOC1C[C@@H](OC(=O)c2ccccc2)[C@@H](CO)O1. The van der Waals surface area contributed by atoms with Crippen molar-refractivity contribution in [3.05, 3.63) is 35.9 Å². The third kappa shape index (κ3) is 4.52. The molecule has 116 valence electrons. The zero-order chi connectivity index (χ0) is 15.1. The monoisotopic (exact) mass is 294 g/mol. The maximum absolute atomic E-state index is 12.0. The fourth-order valence-corrected chi connectivity index (χ4v) is 2.21. The number of aliphatic hydroxyl groups excluding tert-OH is 1. The fraction of sp³-hybridized carbons (Fsp3) is 0.562. The summed E-state index contributed by atoms with van der Waals surface area (Å²) in [5.41, 5.74) is 0.490. The molecule has 1 aromatic rings. The molecule has 3 atom stereocenters. The zero-order valence-corrected chi connectivity index (χ0v) is 12.2. The first-order valence-electron chi connectivity index (χ1n) is 7.38. The van der Waals surface area contributed by atoms with Gasteiger partial charge in [0.05, 0.1) is 12.2 Å². The summed E-state index contributed by atoms with van der Waals surface area (Å²) in [4.78, 5) is 12.0. The first kappa shape index (κ1) is 15.9. The highest BCUT2D eigenvalue weighted by atomic mass is 16.7. The van der Waals surface area contributed by atoms with Crippen LogP contribution >= 0.6 is 0 Å².